The summed E-state index contributed by atoms with van der Waals surface area (Å²) in [6.45, 7) is 2.18. The van der Waals surface area contributed by atoms with Gasteiger partial charge in [-0.25, -0.2) is 4.90 Å². The van der Waals surface area contributed by atoms with Gasteiger partial charge in [0.25, 0.3) is 5.91 Å². The second-order valence-corrected chi connectivity index (χ2v) is 6.26. The molecule has 114 valence electrons. The molecule has 0 radical (unpaired) electrons. The molecule has 0 aliphatic carbocycles. The van der Waals surface area contributed by atoms with Gasteiger partial charge in [0.15, 0.2) is 0 Å². The Kier molecular flexibility index (Phi) is 9.41. The molecule has 0 N–H and O–H groups in total. The van der Waals surface area contributed by atoms with Gasteiger partial charge in [-0.15, -0.1) is 11.8 Å². The summed E-state index contributed by atoms with van der Waals surface area (Å²) in [6.07, 6.45) is 5.28. The van der Waals surface area contributed by atoms with Crippen molar-refractivity contribution in [3.05, 3.63) is 39.3 Å². The van der Waals surface area contributed by atoms with Crippen LogP contribution in [0.25, 0.3) is 0 Å². The molecular weight excluding hydrogens is 397 g/mol. The second kappa shape index (κ2) is 10.8. The molecule has 0 aromatic heterocycles. The number of halogens is 1. The fraction of sp³-hybridized carbons (Fsp3) is 0.375. The van der Waals surface area contributed by atoms with Crippen LogP contribution in [0.4, 0.5) is 5.69 Å². The molecule has 0 fully saturated rings. The SMILES string of the molecule is CCCCCCS/C(=C/I)C(=O)N(C=O)c1ccccc1. The Hall–Kier alpha value is -0.820. The van der Waals surface area contributed by atoms with Crippen LogP contribution in [-0.2, 0) is 9.59 Å². The maximum Gasteiger partial charge on any atom is 0.271 e. The fourth-order valence-electron chi connectivity index (χ4n) is 1.78. The van der Waals surface area contributed by atoms with Crippen molar-refractivity contribution in [1.82, 2.24) is 0 Å². The number of unbranched alkanes of at least 4 members (excludes halogenated alkanes) is 3. The Labute approximate surface area is 144 Å². The van der Waals surface area contributed by atoms with Crippen molar-refractivity contribution in [2.75, 3.05) is 10.7 Å². The van der Waals surface area contributed by atoms with Crippen LogP contribution in [0.1, 0.15) is 32.6 Å². The van der Waals surface area contributed by atoms with E-state index in [1.807, 2.05) is 18.2 Å². The van der Waals surface area contributed by atoms with E-state index in [0.29, 0.717) is 17.0 Å². The number of carbonyl (C=O) groups is 2. The van der Waals surface area contributed by atoms with Gasteiger partial charge in [0, 0.05) is 0 Å². The first kappa shape index (κ1) is 18.2. The molecule has 2 amide bonds. The molecule has 3 nitrogen and oxygen atoms in total. The number of anilines is 1. The van der Waals surface area contributed by atoms with Gasteiger partial charge in [0.2, 0.25) is 6.41 Å². The zero-order chi connectivity index (χ0) is 15.5. The Morgan fingerprint density at radius 1 is 1.24 bits per heavy atom. The summed E-state index contributed by atoms with van der Waals surface area (Å²) in [4.78, 5) is 25.4. The van der Waals surface area contributed by atoms with Gasteiger partial charge < -0.3 is 0 Å². The minimum Gasteiger partial charge on any atom is -0.278 e. The molecule has 1 rings (SSSR count). The highest BCUT2D eigenvalue weighted by Crippen LogP contribution is 2.24. The highest BCUT2D eigenvalue weighted by molar-refractivity contribution is 14.1. The van der Waals surface area contributed by atoms with E-state index in [4.69, 9.17) is 0 Å². The van der Waals surface area contributed by atoms with Gasteiger partial charge >= 0.3 is 0 Å². The molecule has 0 bridgehead atoms. The van der Waals surface area contributed by atoms with Crippen LogP contribution in [0.5, 0.6) is 0 Å². The molecule has 21 heavy (non-hydrogen) atoms. The van der Waals surface area contributed by atoms with E-state index in [9.17, 15) is 9.59 Å². The van der Waals surface area contributed by atoms with Crippen molar-refractivity contribution in [3.63, 3.8) is 0 Å². The van der Waals surface area contributed by atoms with Gasteiger partial charge in [-0.3, -0.25) is 9.59 Å². The van der Waals surface area contributed by atoms with Crippen molar-refractivity contribution in [3.8, 4) is 0 Å². The zero-order valence-electron chi connectivity index (χ0n) is 12.1. The maximum atomic E-state index is 12.4. The summed E-state index contributed by atoms with van der Waals surface area (Å²) in [7, 11) is 0. The first-order valence-corrected chi connectivity index (χ1v) is 9.24. The monoisotopic (exact) mass is 417 g/mol. The molecule has 0 unspecified atom stereocenters. The van der Waals surface area contributed by atoms with Crippen molar-refractivity contribution in [2.24, 2.45) is 0 Å². The van der Waals surface area contributed by atoms with E-state index in [0.717, 1.165) is 17.1 Å². The molecule has 0 aliphatic rings. The predicted octanol–water partition coefficient (Wildman–Crippen LogP) is 4.77. The fourth-order valence-corrected chi connectivity index (χ4v) is 3.44. The van der Waals surface area contributed by atoms with Crippen molar-refractivity contribution >= 4 is 52.4 Å². The quantitative estimate of drug-likeness (QED) is 0.252. The maximum absolute atomic E-state index is 12.4. The third-order valence-electron chi connectivity index (χ3n) is 2.92. The number of nitrogens with zero attached hydrogens (tertiary/aromatic N) is 1. The third-order valence-corrected chi connectivity index (χ3v) is 5.07. The summed E-state index contributed by atoms with van der Waals surface area (Å²) in [6, 6.07) is 8.98. The Morgan fingerprint density at radius 3 is 2.52 bits per heavy atom. The summed E-state index contributed by atoms with van der Waals surface area (Å²) in [5.41, 5.74) is 0.597. The van der Waals surface area contributed by atoms with Gasteiger partial charge in [0.1, 0.15) is 0 Å². The van der Waals surface area contributed by atoms with Crippen LogP contribution in [0, 0.1) is 0 Å². The van der Waals surface area contributed by atoms with E-state index in [1.165, 1.54) is 31.0 Å². The molecule has 0 heterocycles. The van der Waals surface area contributed by atoms with Crippen LogP contribution in [0.2, 0.25) is 0 Å². The average molecular weight is 417 g/mol. The lowest BCUT2D eigenvalue weighted by atomic mass is 10.2. The number of carbonyl (C=O) groups excluding carboxylic acids is 2. The first-order valence-electron chi connectivity index (χ1n) is 7.01. The van der Waals surface area contributed by atoms with Crippen molar-refractivity contribution in [2.45, 2.75) is 32.6 Å². The van der Waals surface area contributed by atoms with Crippen LogP contribution < -0.4 is 4.90 Å². The van der Waals surface area contributed by atoms with Crippen LogP contribution in [-0.4, -0.2) is 18.1 Å². The minimum atomic E-state index is -0.258. The summed E-state index contributed by atoms with van der Waals surface area (Å²) in [5.74, 6) is 0.647. The van der Waals surface area contributed by atoms with Crippen LogP contribution >= 0.6 is 34.4 Å². The van der Waals surface area contributed by atoms with E-state index < -0.39 is 0 Å². The highest BCUT2D eigenvalue weighted by Gasteiger charge is 2.19. The minimum absolute atomic E-state index is 0.258. The van der Waals surface area contributed by atoms with Gasteiger partial charge in [-0.1, -0.05) is 67.0 Å². The zero-order valence-corrected chi connectivity index (χ0v) is 15.1. The smallest absolute Gasteiger partial charge is 0.271 e. The first-order chi connectivity index (χ1) is 10.2. The molecule has 0 saturated carbocycles. The molecule has 1 aromatic carbocycles. The number of rotatable bonds is 9. The highest BCUT2D eigenvalue weighted by atomic mass is 127. The molecule has 0 aliphatic heterocycles. The molecule has 0 atom stereocenters. The topological polar surface area (TPSA) is 37.4 Å². The van der Waals surface area contributed by atoms with Gasteiger partial charge in [-0.2, -0.15) is 0 Å². The normalized spacial score (nSPS) is 11.2. The standard InChI is InChI=1S/C16H20INO2S/c1-2-3-4-8-11-21-15(12-17)16(20)18(13-19)14-9-6-5-7-10-14/h5-7,9-10,12-13H,2-4,8,11H2,1H3/b15-12+. The number of benzene rings is 1. The van der Waals surface area contributed by atoms with E-state index >= 15 is 0 Å². The number of amides is 2. The largest absolute Gasteiger partial charge is 0.278 e. The summed E-state index contributed by atoms with van der Waals surface area (Å²) < 4.78 is 1.75. The van der Waals surface area contributed by atoms with E-state index in [2.05, 4.69) is 29.5 Å². The number of imide groups is 1. The van der Waals surface area contributed by atoms with Crippen molar-refractivity contribution < 1.29 is 9.59 Å². The summed E-state index contributed by atoms with van der Waals surface area (Å²) >= 11 is 3.58. The molecular formula is C16H20INO2S. The third kappa shape index (κ3) is 6.22. The number of hydrogen-bond acceptors (Lipinski definition) is 3. The Bertz CT molecular complexity index is 476. The lowest BCUT2D eigenvalue weighted by Crippen LogP contribution is -2.29. The Balaban J connectivity index is 2.63. The van der Waals surface area contributed by atoms with Crippen molar-refractivity contribution in [1.29, 1.82) is 0 Å². The average Bonchev–Trinajstić information content (AvgIpc) is 2.52. The summed E-state index contributed by atoms with van der Waals surface area (Å²) in [5, 5.41) is 0. The molecule has 5 heteroatoms. The Morgan fingerprint density at radius 2 is 1.95 bits per heavy atom. The number of para-hydroxylation sites is 1. The lowest BCUT2D eigenvalue weighted by molar-refractivity contribution is -0.118. The van der Waals surface area contributed by atoms with Crippen LogP contribution in [0.15, 0.2) is 39.3 Å². The van der Waals surface area contributed by atoms with Crippen LogP contribution in [0.3, 0.4) is 0 Å². The van der Waals surface area contributed by atoms with Gasteiger partial charge in [-0.05, 0) is 28.4 Å². The number of hydrogen-bond donors (Lipinski definition) is 0. The van der Waals surface area contributed by atoms with E-state index in [1.54, 1.807) is 16.2 Å². The number of thioether (sulfide) groups is 1. The molecule has 0 spiro atoms. The molecule has 1 aromatic rings. The second-order valence-electron chi connectivity index (χ2n) is 4.50. The lowest BCUT2D eigenvalue weighted by Gasteiger charge is -2.16. The van der Waals surface area contributed by atoms with Gasteiger partial charge in [0.05, 0.1) is 10.6 Å². The molecule has 0 saturated heterocycles. The predicted molar refractivity (Wildman–Crippen MR) is 98.7 cm³/mol. The van der Waals surface area contributed by atoms with E-state index in [-0.39, 0.29) is 5.91 Å².